The Morgan fingerprint density at radius 3 is 2.55 bits per heavy atom. The largest absolute Gasteiger partial charge is 0.497 e. The molecule has 0 saturated carbocycles. The number of thioether (sulfide) groups is 1. The fourth-order valence-electron chi connectivity index (χ4n) is 3.28. The summed E-state index contributed by atoms with van der Waals surface area (Å²) in [7, 11) is 1.60. The Morgan fingerprint density at radius 2 is 1.84 bits per heavy atom. The quantitative estimate of drug-likeness (QED) is 0.492. The number of carbonyl (C=O) groups excluding carboxylic acids is 2. The van der Waals surface area contributed by atoms with Gasteiger partial charge < -0.3 is 10.1 Å². The molecule has 1 saturated heterocycles. The van der Waals surface area contributed by atoms with Crippen LogP contribution >= 0.6 is 35.0 Å². The van der Waals surface area contributed by atoms with Gasteiger partial charge in [0.05, 0.1) is 22.9 Å². The highest BCUT2D eigenvalue weighted by atomic mass is 35.5. The van der Waals surface area contributed by atoms with Gasteiger partial charge in [-0.3, -0.25) is 14.5 Å². The van der Waals surface area contributed by atoms with E-state index in [0.717, 1.165) is 11.3 Å². The number of benzene rings is 3. The molecule has 1 heterocycles. The maximum atomic E-state index is 12.6. The van der Waals surface area contributed by atoms with Crippen molar-refractivity contribution in [2.45, 2.75) is 5.37 Å². The molecule has 4 rings (SSSR count). The number of hydrogen-bond acceptors (Lipinski definition) is 4. The minimum absolute atomic E-state index is 0.0419. The third-order valence-electron chi connectivity index (χ3n) is 4.83. The van der Waals surface area contributed by atoms with E-state index in [4.69, 9.17) is 27.9 Å². The Hall–Kier alpha value is -2.67. The molecule has 0 spiro atoms. The van der Waals surface area contributed by atoms with Gasteiger partial charge >= 0.3 is 0 Å². The van der Waals surface area contributed by atoms with E-state index in [1.807, 2.05) is 48.5 Å². The first-order chi connectivity index (χ1) is 15.0. The summed E-state index contributed by atoms with van der Waals surface area (Å²) in [5.41, 5.74) is 2.81. The lowest BCUT2D eigenvalue weighted by Crippen LogP contribution is -2.27. The highest BCUT2D eigenvalue weighted by molar-refractivity contribution is 8.00. The SMILES string of the molecule is COc1cccc(N2C(=O)CS[C@H]2c2ccc(NC(=O)c3ccc(Cl)c(Cl)c3)cc2)c1. The van der Waals surface area contributed by atoms with Gasteiger partial charge in [0.25, 0.3) is 5.91 Å². The van der Waals surface area contributed by atoms with E-state index in [1.165, 1.54) is 6.07 Å². The minimum atomic E-state index is -0.283. The van der Waals surface area contributed by atoms with Crippen molar-refractivity contribution in [3.63, 3.8) is 0 Å². The lowest BCUT2D eigenvalue weighted by molar-refractivity contribution is -0.115. The van der Waals surface area contributed by atoms with E-state index in [1.54, 1.807) is 35.9 Å². The third-order valence-corrected chi connectivity index (χ3v) is 6.79. The van der Waals surface area contributed by atoms with Gasteiger partial charge in [0.15, 0.2) is 0 Å². The zero-order chi connectivity index (χ0) is 22.0. The molecular weight excluding hydrogens is 455 g/mol. The number of anilines is 2. The van der Waals surface area contributed by atoms with Gasteiger partial charge in [-0.1, -0.05) is 41.4 Å². The van der Waals surface area contributed by atoms with Crippen molar-refractivity contribution in [3.8, 4) is 5.75 Å². The van der Waals surface area contributed by atoms with Crippen molar-refractivity contribution >= 4 is 58.2 Å². The first kappa shape index (κ1) is 21.6. The summed E-state index contributed by atoms with van der Waals surface area (Å²) in [6, 6.07) is 19.6. The second-order valence-electron chi connectivity index (χ2n) is 6.83. The average molecular weight is 473 g/mol. The van der Waals surface area contributed by atoms with Crippen LogP contribution in [0.4, 0.5) is 11.4 Å². The van der Waals surface area contributed by atoms with Gasteiger partial charge in [-0.15, -0.1) is 11.8 Å². The van der Waals surface area contributed by atoms with Gasteiger partial charge in [0.1, 0.15) is 11.1 Å². The molecule has 0 radical (unpaired) electrons. The lowest BCUT2D eigenvalue weighted by atomic mass is 10.1. The van der Waals surface area contributed by atoms with Crippen LogP contribution in [0.3, 0.4) is 0 Å². The number of ether oxygens (including phenoxy) is 1. The van der Waals surface area contributed by atoms with E-state index in [-0.39, 0.29) is 17.2 Å². The highest BCUT2D eigenvalue weighted by Gasteiger charge is 2.34. The van der Waals surface area contributed by atoms with Crippen molar-refractivity contribution in [1.29, 1.82) is 0 Å². The molecule has 5 nitrogen and oxygen atoms in total. The molecule has 1 aliphatic heterocycles. The van der Waals surface area contributed by atoms with Crippen LogP contribution in [0.2, 0.25) is 10.0 Å². The molecule has 1 atom stereocenters. The Bertz CT molecular complexity index is 1140. The fourth-order valence-corrected chi connectivity index (χ4v) is 4.76. The topological polar surface area (TPSA) is 58.6 Å². The van der Waals surface area contributed by atoms with Crippen LogP contribution in [-0.4, -0.2) is 24.7 Å². The van der Waals surface area contributed by atoms with Gasteiger partial charge in [0.2, 0.25) is 5.91 Å². The van der Waals surface area contributed by atoms with Gasteiger partial charge in [-0.2, -0.15) is 0 Å². The smallest absolute Gasteiger partial charge is 0.255 e. The third kappa shape index (κ3) is 4.66. The van der Waals surface area contributed by atoms with Crippen LogP contribution < -0.4 is 15.0 Å². The Kier molecular flexibility index (Phi) is 6.41. The second-order valence-corrected chi connectivity index (χ2v) is 8.72. The Balaban J connectivity index is 1.52. The monoisotopic (exact) mass is 472 g/mol. The summed E-state index contributed by atoms with van der Waals surface area (Å²) >= 11 is 13.5. The van der Waals surface area contributed by atoms with Crippen LogP contribution in [0.1, 0.15) is 21.3 Å². The normalized spacial score (nSPS) is 15.8. The molecule has 8 heteroatoms. The molecule has 3 aromatic carbocycles. The predicted molar refractivity (Wildman–Crippen MR) is 127 cm³/mol. The summed E-state index contributed by atoms with van der Waals surface area (Å²) in [6.07, 6.45) is 0. The number of halogens is 2. The molecule has 31 heavy (non-hydrogen) atoms. The number of nitrogens with one attached hydrogen (secondary N) is 1. The van der Waals surface area contributed by atoms with Gasteiger partial charge in [0, 0.05) is 23.0 Å². The Labute approximate surface area is 194 Å². The molecule has 1 fully saturated rings. The van der Waals surface area contributed by atoms with E-state index in [9.17, 15) is 9.59 Å². The maximum absolute atomic E-state index is 12.6. The molecule has 1 aliphatic rings. The molecule has 158 valence electrons. The molecular formula is C23H18Cl2N2O3S. The number of amides is 2. The predicted octanol–water partition coefficient (Wildman–Crippen LogP) is 6.03. The van der Waals surface area contributed by atoms with Crippen molar-refractivity contribution in [1.82, 2.24) is 0 Å². The van der Waals surface area contributed by atoms with Crippen LogP contribution in [0.15, 0.2) is 66.7 Å². The fraction of sp³-hybridized carbons (Fsp3) is 0.130. The van der Waals surface area contributed by atoms with Crippen molar-refractivity contribution < 1.29 is 14.3 Å². The first-order valence-corrected chi connectivity index (χ1v) is 11.2. The van der Waals surface area contributed by atoms with Crippen molar-refractivity contribution in [2.75, 3.05) is 23.1 Å². The van der Waals surface area contributed by atoms with E-state index in [2.05, 4.69) is 5.32 Å². The molecule has 0 aliphatic carbocycles. The minimum Gasteiger partial charge on any atom is -0.497 e. The summed E-state index contributed by atoms with van der Waals surface area (Å²) in [4.78, 5) is 26.8. The molecule has 0 unspecified atom stereocenters. The number of carbonyl (C=O) groups is 2. The molecule has 0 bridgehead atoms. The van der Waals surface area contributed by atoms with E-state index >= 15 is 0 Å². The molecule has 0 aromatic heterocycles. The summed E-state index contributed by atoms with van der Waals surface area (Å²) < 4.78 is 5.29. The standard InChI is InChI=1S/C23H18Cl2N2O3S/c1-30-18-4-2-3-17(12-18)27-21(28)13-31-23(27)14-5-8-16(9-6-14)26-22(29)15-7-10-19(24)20(25)11-15/h2-12,23H,13H2,1H3,(H,26,29)/t23-/m0/s1. The van der Waals surface area contributed by atoms with Gasteiger partial charge in [-0.05, 0) is 48.0 Å². The van der Waals surface area contributed by atoms with E-state index < -0.39 is 0 Å². The number of nitrogens with zero attached hydrogens (tertiary/aromatic N) is 1. The summed E-state index contributed by atoms with van der Waals surface area (Å²) in [5, 5.41) is 3.41. The number of methoxy groups -OCH3 is 1. The van der Waals surface area contributed by atoms with Crippen LogP contribution in [0, 0.1) is 0 Å². The van der Waals surface area contributed by atoms with Crippen LogP contribution in [0.25, 0.3) is 0 Å². The molecule has 2 amide bonds. The zero-order valence-corrected chi connectivity index (χ0v) is 18.8. The second kappa shape index (κ2) is 9.22. The highest BCUT2D eigenvalue weighted by Crippen LogP contribution is 2.42. The first-order valence-electron chi connectivity index (χ1n) is 9.40. The number of rotatable bonds is 5. The Morgan fingerprint density at radius 1 is 1.06 bits per heavy atom. The van der Waals surface area contributed by atoms with Gasteiger partial charge in [-0.25, -0.2) is 0 Å². The zero-order valence-electron chi connectivity index (χ0n) is 16.5. The lowest BCUT2D eigenvalue weighted by Gasteiger charge is -2.25. The maximum Gasteiger partial charge on any atom is 0.255 e. The van der Waals surface area contributed by atoms with E-state index in [0.29, 0.717) is 32.8 Å². The molecule has 1 N–H and O–H groups in total. The summed E-state index contributed by atoms with van der Waals surface area (Å²) in [5.74, 6) is 0.855. The van der Waals surface area contributed by atoms with Crippen LogP contribution in [0.5, 0.6) is 5.75 Å². The summed E-state index contributed by atoms with van der Waals surface area (Å²) in [6.45, 7) is 0. The van der Waals surface area contributed by atoms with Crippen LogP contribution in [-0.2, 0) is 4.79 Å². The average Bonchev–Trinajstić information content (AvgIpc) is 3.17. The molecule has 3 aromatic rings. The van der Waals surface area contributed by atoms with Crippen molar-refractivity contribution in [3.05, 3.63) is 87.9 Å². The van der Waals surface area contributed by atoms with Crippen molar-refractivity contribution in [2.24, 2.45) is 0 Å². The number of hydrogen-bond donors (Lipinski definition) is 1.